The summed E-state index contributed by atoms with van der Waals surface area (Å²) >= 11 is 0. The van der Waals surface area contributed by atoms with Crippen LogP contribution in [0.1, 0.15) is 16.1 Å². The maximum absolute atomic E-state index is 11.4. The Hall–Kier alpha value is -2.96. The molecule has 0 radical (unpaired) electrons. The largest absolute Gasteiger partial charge is 0.477 e. The highest BCUT2D eigenvalue weighted by Gasteiger charge is 2.19. The van der Waals surface area contributed by atoms with Crippen LogP contribution in [0.15, 0.2) is 30.7 Å². The SMILES string of the molecule is Cc1ncccc1Oc1c(C(=O)O)cnc2c1cnn2C. The van der Waals surface area contributed by atoms with Gasteiger partial charge in [0, 0.05) is 19.4 Å². The van der Waals surface area contributed by atoms with Gasteiger partial charge in [0.25, 0.3) is 0 Å². The third-order valence-corrected chi connectivity index (χ3v) is 3.11. The van der Waals surface area contributed by atoms with Gasteiger partial charge in [-0.15, -0.1) is 0 Å². The van der Waals surface area contributed by atoms with Gasteiger partial charge in [0.2, 0.25) is 0 Å². The predicted octanol–water partition coefficient (Wildman–Crippen LogP) is 2.16. The second kappa shape index (κ2) is 4.86. The van der Waals surface area contributed by atoms with E-state index in [1.807, 2.05) is 0 Å². The van der Waals surface area contributed by atoms with Gasteiger partial charge >= 0.3 is 5.97 Å². The van der Waals surface area contributed by atoms with Crippen LogP contribution < -0.4 is 4.74 Å². The molecular formula is C14H12N4O3. The molecule has 0 saturated heterocycles. The van der Waals surface area contributed by atoms with Crippen molar-refractivity contribution < 1.29 is 14.6 Å². The van der Waals surface area contributed by atoms with Crippen LogP contribution in [0.2, 0.25) is 0 Å². The number of hydrogen-bond acceptors (Lipinski definition) is 5. The molecule has 0 aliphatic heterocycles. The van der Waals surface area contributed by atoms with Crippen LogP contribution in [0.4, 0.5) is 0 Å². The van der Waals surface area contributed by atoms with Crippen molar-refractivity contribution in [2.24, 2.45) is 7.05 Å². The lowest BCUT2D eigenvalue weighted by Gasteiger charge is -2.11. The van der Waals surface area contributed by atoms with Gasteiger partial charge in [0.05, 0.1) is 17.3 Å². The molecule has 0 aromatic carbocycles. The molecule has 0 atom stereocenters. The Morgan fingerprint density at radius 3 is 2.86 bits per heavy atom. The lowest BCUT2D eigenvalue weighted by atomic mass is 10.2. The Balaban J connectivity index is 2.21. The number of carboxylic acid groups (broad SMARTS) is 1. The summed E-state index contributed by atoms with van der Waals surface area (Å²) in [6.45, 7) is 1.79. The van der Waals surface area contributed by atoms with Crippen LogP contribution in [0.5, 0.6) is 11.5 Å². The quantitative estimate of drug-likeness (QED) is 0.792. The zero-order valence-corrected chi connectivity index (χ0v) is 11.4. The van der Waals surface area contributed by atoms with Crippen molar-refractivity contribution in [3.8, 4) is 11.5 Å². The number of fused-ring (bicyclic) bond motifs is 1. The molecule has 7 nitrogen and oxygen atoms in total. The maximum Gasteiger partial charge on any atom is 0.341 e. The molecule has 3 aromatic rings. The van der Waals surface area contributed by atoms with Gasteiger partial charge in [0.1, 0.15) is 11.3 Å². The van der Waals surface area contributed by atoms with Crippen LogP contribution >= 0.6 is 0 Å². The number of nitrogens with zero attached hydrogens (tertiary/aromatic N) is 4. The van der Waals surface area contributed by atoms with E-state index in [4.69, 9.17) is 4.74 Å². The first kappa shape index (κ1) is 13.0. The van der Waals surface area contributed by atoms with E-state index in [-0.39, 0.29) is 11.3 Å². The summed E-state index contributed by atoms with van der Waals surface area (Å²) in [4.78, 5) is 19.6. The summed E-state index contributed by atoms with van der Waals surface area (Å²) in [5.74, 6) is -0.391. The fourth-order valence-corrected chi connectivity index (χ4v) is 2.02. The van der Waals surface area contributed by atoms with E-state index >= 15 is 0 Å². The molecule has 3 rings (SSSR count). The number of aromatic nitrogens is 4. The van der Waals surface area contributed by atoms with Crippen LogP contribution in [-0.2, 0) is 7.05 Å². The minimum Gasteiger partial charge on any atom is -0.477 e. The van der Waals surface area contributed by atoms with Crippen LogP contribution in [0.25, 0.3) is 11.0 Å². The highest BCUT2D eigenvalue weighted by molar-refractivity contribution is 5.98. The summed E-state index contributed by atoms with van der Waals surface area (Å²) in [6, 6.07) is 3.46. The van der Waals surface area contributed by atoms with Gasteiger partial charge in [0.15, 0.2) is 11.4 Å². The monoisotopic (exact) mass is 284 g/mol. The minimum atomic E-state index is -1.11. The molecule has 0 spiro atoms. The van der Waals surface area contributed by atoms with Crippen molar-refractivity contribution in [3.63, 3.8) is 0 Å². The zero-order chi connectivity index (χ0) is 15.0. The first-order chi connectivity index (χ1) is 10.1. The number of ether oxygens (including phenoxy) is 1. The zero-order valence-electron chi connectivity index (χ0n) is 11.4. The molecule has 106 valence electrons. The second-order valence-electron chi connectivity index (χ2n) is 4.50. The Morgan fingerprint density at radius 1 is 1.33 bits per heavy atom. The lowest BCUT2D eigenvalue weighted by Crippen LogP contribution is -2.03. The number of rotatable bonds is 3. The number of hydrogen-bond donors (Lipinski definition) is 1. The molecule has 0 bridgehead atoms. The molecule has 3 heterocycles. The highest BCUT2D eigenvalue weighted by atomic mass is 16.5. The van der Waals surface area contributed by atoms with Crippen molar-refractivity contribution in [1.82, 2.24) is 19.7 Å². The van der Waals surface area contributed by atoms with Crippen molar-refractivity contribution in [2.75, 3.05) is 0 Å². The molecule has 0 amide bonds. The van der Waals surface area contributed by atoms with Gasteiger partial charge < -0.3 is 9.84 Å². The molecule has 0 aliphatic carbocycles. The molecule has 3 aromatic heterocycles. The number of aryl methyl sites for hydroxylation is 2. The third-order valence-electron chi connectivity index (χ3n) is 3.11. The summed E-state index contributed by atoms with van der Waals surface area (Å²) in [7, 11) is 1.73. The second-order valence-corrected chi connectivity index (χ2v) is 4.50. The van der Waals surface area contributed by atoms with Crippen molar-refractivity contribution >= 4 is 17.0 Å². The van der Waals surface area contributed by atoms with Gasteiger partial charge in [-0.05, 0) is 19.1 Å². The minimum absolute atomic E-state index is 0.0150. The standard InChI is InChI=1S/C14H12N4O3/c1-8-11(4-3-5-15-8)21-12-9-7-17-18(2)13(9)16-6-10(12)14(19)20/h3-7H,1-2H3,(H,19,20). The van der Waals surface area contributed by atoms with E-state index in [0.717, 1.165) is 0 Å². The third kappa shape index (κ3) is 2.18. The molecule has 0 aliphatic rings. The molecule has 7 heteroatoms. The first-order valence-electron chi connectivity index (χ1n) is 6.21. The Kier molecular flexibility index (Phi) is 3.02. The Bertz CT molecular complexity index is 841. The van der Waals surface area contributed by atoms with E-state index < -0.39 is 5.97 Å². The van der Waals surface area contributed by atoms with Crippen molar-refractivity contribution in [3.05, 3.63) is 42.0 Å². The molecule has 0 saturated carbocycles. The molecule has 1 N–H and O–H groups in total. The molecular weight excluding hydrogens is 272 g/mol. The van der Waals surface area contributed by atoms with E-state index in [9.17, 15) is 9.90 Å². The fourth-order valence-electron chi connectivity index (χ4n) is 2.02. The van der Waals surface area contributed by atoms with Crippen LogP contribution in [0, 0.1) is 6.92 Å². The van der Waals surface area contributed by atoms with E-state index in [0.29, 0.717) is 22.5 Å². The lowest BCUT2D eigenvalue weighted by molar-refractivity contribution is 0.0694. The van der Waals surface area contributed by atoms with Crippen molar-refractivity contribution in [1.29, 1.82) is 0 Å². The Labute approximate surface area is 119 Å². The maximum atomic E-state index is 11.4. The first-order valence-corrected chi connectivity index (χ1v) is 6.21. The van der Waals surface area contributed by atoms with Crippen LogP contribution in [-0.4, -0.2) is 30.8 Å². The number of carboxylic acids is 1. The summed E-state index contributed by atoms with van der Waals surface area (Å²) in [6.07, 6.45) is 4.45. The van der Waals surface area contributed by atoms with E-state index in [2.05, 4.69) is 15.1 Å². The highest BCUT2D eigenvalue weighted by Crippen LogP contribution is 2.33. The number of aromatic carboxylic acids is 1. The molecule has 0 fully saturated rings. The predicted molar refractivity (Wildman–Crippen MR) is 74.5 cm³/mol. The average molecular weight is 284 g/mol. The molecule has 0 unspecified atom stereocenters. The number of pyridine rings is 2. The normalized spacial score (nSPS) is 10.8. The van der Waals surface area contributed by atoms with E-state index in [1.54, 1.807) is 37.0 Å². The van der Waals surface area contributed by atoms with E-state index in [1.165, 1.54) is 12.4 Å². The van der Waals surface area contributed by atoms with Gasteiger partial charge in [-0.1, -0.05) is 0 Å². The average Bonchev–Trinajstić information content (AvgIpc) is 2.83. The summed E-state index contributed by atoms with van der Waals surface area (Å²) in [5, 5.41) is 13.9. The number of carbonyl (C=O) groups is 1. The van der Waals surface area contributed by atoms with Crippen LogP contribution in [0.3, 0.4) is 0 Å². The smallest absolute Gasteiger partial charge is 0.341 e. The van der Waals surface area contributed by atoms with Gasteiger partial charge in [-0.3, -0.25) is 9.67 Å². The topological polar surface area (TPSA) is 90.1 Å². The Morgan fingerprint density at radius 2 is 2.14 bits per heavy atom. The molecule has 21 heavy (non-hydrogen) atoms. The van der Waals surface area contributed by atoms with Crippen molar-refractivity contribution in [2.45, 2.75) is 6.92 Å². The fraction of sp³-hybridized carbons (Fsp3) is 0.143. The summed E-state index contributed by atoms with van der Waals surface area (Å²) in [5.41, 5.74) is 1.21. The van der Waals surface area contributed by atoms with Gasteiger partial charge in [-0.25, -0.2) is 9.78 Å². The van der Waals surface area contributed by atoms with Gasteiger partial charge in [-0.2, -0.15) is 5.10 Å². The summed E-state index contributed by atoms with van der Waals surface area (Å²) < 4.78 is 7.35.